The lowest BCUT2D eigenvalue weighted by Crippen LogP contribution is -2.16. The van der Waals surface area contributed by atoms with Crippen LogP contribution in [-0.4, -0.2) is 26.4 Å². The molecule has 0 unspecified atom stereocenters. The van der Waals surface area contributed by atoms with Gasteiger partial charge in [-0.2, -0.15) is 0 Å². The van der Waals surface area contributed by atoms with E-state index >= 15 is 0 Å². The highest BCUT2D eigenvalue weighted by atomic mass is 32.1. The molecule has 0 N–H and O–H groups in total. The van der Waals surface area contributed by atoms with Crippen molar-refractivity contribution in [3.8, 4) is 9.75 Å². The predicted octanol–water partition coefficient (Wildman–Crippen LogP) is 8.38. The smallest absolute Gasteiger partial charge is 0.305 e. The molecule has 0 aromatic carbocycles. The second-order valence-corrected chi connectivity index (χ2v) is 13.8. The fourth-order valence-electron chi connectivity index (χ4n) is 3.05. The van der Waals surface area contributed by atoms with Crippen molar-refractivity contribution >= 4 is 48.5 Å². The summed E-state index contributed by atoms with van der Waals surface area (Å²) in [7, 11) is -7.08. The molecule has 0 aliphatic carbocycles. The summed E-state index contributed by atoms with van der Waals surface area (Å²) in [5.41, 5.74) is 0. The van der Waals surface area contributed by atoms with Crippen LogP contribution in [-0.2, 0) is 27.2 Å². The van der Waals surface area contributed by atoms with Gasteiger partial charge in [0, 0.05) is 0 Å². The Morgan fingerprint density at radius 1 is 0.588 bits per heavy atom. The van der Waals surface area contributed by atoms with Crippen molar-refractivity contribution in [2.45, 2.75) is 79.1 Å². The molecule has 0 fully saturated rings. The molecule has 2 aromatic heterocycles. The van der Waals surface area contributed by atoms with Crippen LogP contribution in [0.3, 0.4) is 0 Å². The SMILES string of the molecule is CCCCOP(=O)(OCCCC)c1ccsc1-c1sccc1P(=O)(OCCCC)OCCCC. The van der Waals surface area contributed by atoms with E-state index in [9.17, 15) is 9.13 Å². The van der Waals surface area contributed by atoms with Gasteiger partial charge in [-0.3, -0.25) is 9.13 Å². The van der Waals surface area contributed by atoms with E-state index in [-0.39, 0.29) is 0 Å². The van der Waals surface area contributed by atoms with E-state index in [1.807, 2.05) is 22.9 Å². The summed E-state index contributed by atoms with van der Waals surface area (Å²) in [6.07, 6.45) is 6.96. The van der Waals surface area contributed by atoms with Crippen molar-refractivity contribution in [3.63, 3.8) is 0 Å². The summed E-state index contributed by atoms with van der Waals surface area (Å²) in [6, 6.07) is 3.62. The zero-order chi connectivity index (χ0) is 24.9. The van der Waals surface area contributed by atoms with Crippen molar-refractivity contribution < 1.29 is 27.2 Å². The van der Waals surface area contributed by atoms with Gasteiger partial charge in [0.15, 0.2) is 0 Å². The summed E-state index contributed by atoms with van der Waals surface area (Å²) >= 11 is 2.89. The first-order valence-corrected chi connectivity index (χ1v) is 17.2. The zero-order valence-corrected chi connectivity index (χ0v) is 24.4. The molecule has 0 aliphatic heterocycles. The molecule has 0 amide bonds. The molecule has 194 valence electrons. The first kappa shape index (κ1) is 29.9. The molecule has 6 nitrogen and oxygen atoms in total. The van der Waals surface area contributed by atoms with Crippen molar-refractivity contribution in [1.82, 2.24) is 0 Å². The minimum Gasteiger partial charge on any atom is -0.305 e. The van der Waals surface area contributed by atoms with Gasteiger partial charge >= 0.3 is 15.2 Å². The van der Waals surface area contributed by atoms with Crippen molar-refractivity contribution in [1.29, 1.82) is 0 Å². The highest BCUT2D eigenvalue weighted by Gasteiger charge is 2.37. The third kappa shape index (κ3) is 8.38. The van der Waals surface area contributed by atoms with Gasteiger partial charge in [0.2, 0.25) is 0 Å². The molecular formula is C24H40O6P2S2. The molecule has 0 saturated carbocycles. The van der Waals surface area contributed by atoms with Gasteiger partial charge in [-0.15, -0.1) is 22.7 Å². The highest BCUT2D eigenvalue weighted by molar-refractivity contribution is 7.64. The number of unbranched alkanes of at least 4 members (excludes halogenated alkanes) is 4. The standard InChI is InChI=1S/C24H40O6P2S2/c1-5-9-15-27-31(25,28-16-10-6-2)21-13-19-33-23(21)24-22(14-20-34-24)32(26,29-17-11-7-3)30-18-12-8-4/h13-14,19-20H,5-12,15-18H2,1-4H3. The van der Waals surface area contributed by atoms with Crippen molar-refractivity contribution in [2.75, 3.05) is 26.4 Å². The molecule has 0 atom stereocenters. The van der Waals surface area contributed by atoms with Gasteiger partial charge in [-0.25, -0.2) is 0 Å². The minimum atomic E-state index is -3.54. The topological polar surface area (TPSA) is 71.1 Å². The average molecular weight is 551 g/mol. The maximum absolute atomic E-state index is 14.0. The minimum absolute atomic E-state index is 0.366. The van der Waals surface area contributed by atoms with E-state index in [0.717, 1.165) is 61.1 Å². The van der Waals surface area contributed by atoms with Gasteiger partial charge < -0.3 is 18.1 Å². The molecule has 10 heteroatoms. The van der Waals surface area contributed by atoms with E-state index < -0.39 is 15.2 Å². The van der Waals surface area contributed by atoms with Crippen LogP contribution < -0.4 is 10.6 Å². The third-order valence-electron chi connectivity index (χ3n) is 5.12. The molecule has 0 radical (unpaired) electrons. The Labute approximate surface area is 213 Å². The van der Waals surface area contributed by atoms with Crippen LogP contribution in [0.1, 0.15) is 79.1 Å². The van der Waals surface area contributed by atoms with Gasteiger partial charge in [0.1, 0.15) is 0 Å². The predicted molar refractivity (Wildman–Crippen MR) is 146 cm³/mol. The van der Waals surface area contributed by atoms with E-state index in [2.05, 4.69) is 27.7 Å². The van der Waals surface area contributed by atoms with Crippen LogP contribution >= 0.6 is 37.9 Å². The van der Waals surface area contributed by atoms with Gasteiger partial charge in [0.25, 0.3) is 0 Å². The normalized spacial score (nSPS) is 12.5. The molecule has 0 saturated heterocycles. The van der Waals surface area contributed by atoms with Gasteiger partial charge in [-0.1, -0.05) is 53.4 Å². The highest BCUT2D eigenvalue weighted by Crippen LogP contribution is 2.55. The number of hydrogen-bond acceptors (Lipinski definition) is 8. The summed E-state index contributed by atoms with van der Waals surface area (Å²) in [5, 5.41) is 4.83. The molecule has 0 aliphatic rings. The Kier molecular flexibility index (Phi) is 13.8. The maximum atomic E-state index is 14.0. The summed E-state index contributed by atoms with van der Waals surface area (Å²) < 4.78 is 51.5. The van der Waals surface area contributed by atoms with Crippen LogP contribution in [0.4, 0.5) is 0 Å². The van der Waals surface area contributed by atoms with Crippen molar-refractivity contribution in [2.24, 2.45) is 0 Å². The van der Waals surface area contributed by atoms with Crippen LogP contribution in [0.5, 0.6) is 0 Å². The van der Waals surface area contributed by atoms with Crippen LogP contribution in [0.25, 0.3) is 9.75 Å². The number of thiophene rings is 2. The lowest BCUT2D eigenvalue weighted by atomic mass is 10.4. The third-order valence-corrected chi connectivity index (χ3v) is 11.4. The lowest BCUT2D eigenvalue weighted by molar-refractivity contribution is 0.207. The lowest BCUT2D eigenvalue weighted by Gasteiger charge is -2.21. The Hall–Kier alpha value is -0.300. The van der Waals surface area contributed by atoms with Crippen LogP contribution in [0, 0.1) is 0 Å². The molecule has 2 rings (SSSR count). The maximum Gasteiger partial charge on any atom is 0.362 e. The quantitative estimate of drug-likeness (QED) is 0.129. The first-order valence-electron chi connectivity index (χ1n) is 12.4. The van der Waals surface area contributed by atoms with Crippen LogP contribution in [0.15, 0.2) is 22.9 Å². The fourth-order valence-corrected chi connectivity index (χ4v) is 9.58. The Morgan fingerprint density at radius 2 is 0.882 bits per heavy atom. The van der Waals surface area contributed by atoms with E-state index in [4.69, 9.17) is 18.1 Å². The molecule has 0 bridgehead atoms. The number of hydrogen-bond donors (Lipinski definition) is 0. The Balaban J connectivity index is 2.44. The average Bonchev–Trinajstić information content (AvgIpc) is 3.50. The van der Waals surface area contributed by atoms with Gasteiger partial charge in [0.05, 0.1) is 46.8 Å². The fraction of sp³-hybridized carbons (Fsp3) is 0.667. The molecule has 2 aromatic rings. The van der Waals surface area contributed by atoms with E-state index in [1.165, 1.54) is 22.7 Å². The monoisotopic (exact) mass is 550 g/mol. The van der Waals surface area contributed by atoms with Crippen molar-refractivity contribution in [3.05, 3.63) is 22.9 Å². The summed E-state index contributed by atoms with van der Waals surface area (Å²) in [5.74, 6) is 0. The molecular weight excluding hydrogens is 510 g/mol. The molecule has 0 spiro atoms. The van der Waals surface area contributed by atoms with E-state index in [1.54, 1.807) is 0 Å². The van der Waals surface area contributed by atoms with E-state index in [0.29, 0.717) is 37.0 Å². The van der Waals surface area contributed by atoms with Crippen LogP contribution in [0.2, 0.25) is 0 Å². The first-order chi connectivity index (χ1) is 16.5. The summed E-state index contributed by atoms with van der Waals surface area (Å²) in [4.78, 5) is 1.50. The molecule has 34 heavy (non-hydrogen) atoms. The van der Waals surface area contributed by atoms with Gasteiger partial charge in [-0.05, 0) is 48.6 Å². The second-order valence-electron chi connectivity index (χ2n) is 8.01. The second kappa shape index (κ2) is 15.7. The zero-order valence-electron chi connectivity index (χ0n) is 21.0. The Morgan fingerprint density at radius 3 is 1.15 bits per heavy atom. The largest absolute Gasteiger partial charge is 0.362 e. The summed E-state index contributed by atoms with van der Waals surface area (Å²) in [6.45, 7) is 9.72. The number of rotatable bonds is 19. The molecule has 2 heterocycles. The Bertz CT molecular complexity index is 824.